The molecule has 1 aromatic rings. The Bertz CT molecular complexity index is 412. The summed E-state index contributed by atoms with van der Waals surface area (Å²) in [6.07, 6.45) is 2.64. The number of hydrogen-bond donors (Lipinski definition) is 2. The lowest BCUT2D eigenvalue weighted by Gasteiger charge is -2.38. The van der Waals surface area contributed by atoms with Crippen molar-refractivity contribution in [3.05, 3.63) is 18.0 Å². The molecular weight excluding hydrogens is 232 g/mol. The second-order valence-electron chi connectivity index (χ2n) is 4.92. The van der Waals surface area contributed by atoms with Crippen molar-refractivity contribution in [1.29, 1.82) is 0 Å². The quantitative estimate of drug-likeness (QED) is 0.713. The number of nitrogens with one attached hydrogen (secondary N) is 2. The van der Waals surface area contributed by atoms with Crippen LogP contribution in [0.1, 0.15) is 12.6 Å². The predicted molar refractivity (Wildman–Crippen MR) is 67.1 cm³/mol. The van der Waals surface area contributed by atoms with Crippen LogP contribution in [-0.2, 0) is 23.0 Å². The van der Waals surface area contributed by atoms with Gasteiger partial charge in [0.1, 0.15) is 6.61 Å². The molecule has 0 aliphatic carbocycles. The Morgan fingerprint density at radius 1 is 1.67 bits per heavy atom. The number of rotatable bonds is 6. The molecule has 1 aromatic heterocycles. The fourth-order valence-corrected chi connectivity index (χ4v) is 1.80. The lowest BCUT2D eigenvalue weighted by Crippen LogP contribution is -2.59. The van der Waals surface area contributed by atoms with Gasteiger partial charge in [0.05, 0.1) is 11.3 Å². The van der Waals surface area contributed by atoms with Crippen LogP contribution >= 0.6 is 0 Å². The molecule has 0 atom stereocenters. The summed E-state index contributed by atoms with van der Waals surface area (Å²) in [5.74, 6) is -0.0703. The molecule has 0 unspecified atom stereocenters. The van der Waals surface area contributed by atoms with Gasteiger partial charge < -0.3 is 15.4 Å². The third kappa shape index (κ3) is 3.54. The minimum atomic E-state index is -0.168. The van der Waals surface area contributed by atoms with Gasteiger partial charge in [-0.05, 0) is 13.0 Å². The molecule has 0 saturated carbocycles. The third-order valence-electron chi connectivity index (χ3n) is 3.02. The number of ether oxygens (including phenoxy) is 1. The van der Waals surface area contributed by atoms with Crippen LogP contribution in [0.2, 0.25) is 0 Å². The highest BCUT2D eigenvalue weighted by molar-refractivity contribution is 5.77. The van der Waals surface area contributed by atoms with Crippen molar-refractivity contribution in [1.82, 2.24) is 20.4 Å². The average Bonchev–Trinajstić information content (AvgIpc) is 2.70. The van der Waals surface area contributed by atoms with Crippen LogP contribution in [-0.4, -0.2) is 47.5 Å². The molecule has 6 heteroatoms. The number of carbonyl (C=O) groups is 1. The van der Waals surface area contributed by atoms with Crippen molar-refractivity contribution < 1.29 is 9.53 Å². The second-order valence-corrected chi connectivity index (χ2v) is 4.92. The summed E-state index contributed by atoms with van der Waals surface area (Å²) in [7, 11) is 1.88. The molecule has 2 heterocycles. The monoisotopic (exact) mass is 252 g/mol. The summed E-state index contributed by atoms with van der Waals surface area (Å²) in [5, 5.41) is 10.2. The number of nitrogens with zero attached hydrogens (tertiary/aromatic N) is 2. The first-order chi connectivity index (χ1) is 8.57. The molecule has 100 valence electrons. The van der Waals surface area contributed by atoms with Gasteiger partial charge in [-0.2, -0.15) is 5.10 Å². The average molecular weight is 252 g/mol. The van der Waals surface area contributed by atoms with Crippen molar-refractivity contribution in [3.63, 3.8) is 0 Å². The van der Waals surface area contributed by atoms with Crippen molar-refractivity contribution in [2.75, 3.05) is 26.2 Å². The van der Waals surface area contributed by atoms with E-state index in [4.69, 9.17) is 4.74 Å². The van der Waals surface area contributed by atoms with Gasteiger partial charge in [-0.25, -0.2) is 0 Å². The molecule has 0 radical (unpaired) electrons. The van der Waals surface area contributed by atoms with Crippen LogP contribution in [0.15, 0.2) is 12.3 Å². The molecule has 1 saturated heterocycles. The number of hydrogen-bond acceptors (Lipinski definition) is 4. The van der Waals surface area contributed by atoms with Gasteiger partial charge in [0.25, 0.3) is 0 Å². The summed E-state index contributed by atoms with van der Waals surface area (Å²) in [6.45, 7) is 4.35. The zero-order chi connectivity index (χ0) is 13.0. The van der Waals surface area contributed by atoms with Crippen molar-refractivity contribution >= 4 is 5.91 Å². The molecule has 2 rings (SSSR count). The maximum atomic E-state index is 11.5. The van der Waals surface area contributed by atoms with Gasteiger partial charge in [-0.15, -0.1) is 0 Å². The van der Waals surface area contributed by atoms with Crippen molar-refractivity contribution in [3.8, 4) is 0 Å². The fourth-order valence-electron chi connectivity index (χ4n) is 1.80. The Hall–Kier alpha value is -1.40. The Kier molecular flexibility index (Phi) is 3.98. The van der Waals surface area contributed by atoms with Crippen LogP contribution in [0, 0.1) is 0 Å². The first-order valence-electron chi connectivity index (χ1n) is 6.17. The summed E-state index contributed by atoms with van der Waals surface area (Å²) in [4.78, 5) is 11.5. The van der Waals surface area contributed by atoms with Crippen LogP contribution in [0.5, 0.6) is 0 Å². The third-order valence-corrected chi connectivity index (χ3v) is 3.02. The van der Waals surface area contributed by atoms with E-state index in [1.165, 1.54) is 0 Å². The van der Waals surface area contributed by atoms with Gasteiger partial charge in [0.15, 0.2) is 0 Å². The van der Waals surface area contributed by atoms with Crippen molar-refractivity contribution in [2.24, 2.45) is 7.05 Å². The fraction of sp³-hybridized carbons (Fsp3) is 0.667. The zero-order valence-corrected chi connectivity index (χ0v) is 10.9. The Balaban J connectivity index is 1.60. The van der Waals surface area contributed by atoms with Gasteiger partial charge in [0.2, 0.25) is 5.91 Å². The molecule has 1 aliphatic rings. The van der Waals surface area contributed by atoms with Crippen LogP contribution < -0.4 is 10.6 Å². The van der Waals surface area contributed by atoms with E-state index in [1.54, 1.807) is 4.68 Å². The van der Waals surface area contributed by atoms with Gasteiger partial charge >= 0.3 is 0 Å². The molecule has 1 amide bonds. The second kappa shape index (κ2) is 5.49. The highest BCUT2D eigenvalue weighted by Crippen LogP contribution is 2.14. The van der Waals surface area contributed by atoms with E-state index in [2.05, 4.69) is 15.7 Å². The first kappa shape index (κ1) is 13.0. The molecule has 1 aliphatic heterocycles. The molecule has 2 N–H and O–H groups in total. The molecule has 0 aromatic carbocycles. The van der Waals surface area contributed by atoms with E-state index in [0.717, 1.165) is 25.2 Å². The predicted octanol–water partition coefficient (Wildman–Crippen LogP) is -0.543. The van der Waals surface area contributed by atoms with Crippen LogP contribution in [0.3, 0.4) is 0 Å². The van der Waals surface area contributed by atoms with Crippen LogP contribution in [0.25, 0.3) is 0 Å². The maximum absolute atomic E-state index is 11.5. The van der Waals surface area contributed by atoms with E-state index in [0.29, 0.717) is 6.54 Å². The topological polar surface area (TPSA) is 68.2 Å². The Labute approximate surface area is 107 Å². The maximum Gasteiger partial charge on any atom is 0.246 e. The first-order valence-corrected chi connectivity index (χ1v) is 6.17. The van der Waals surface area contributed by atoms with E-state index in [-0.39, 0.29) is 18.1 Å². The van der Waals surface area contributed by atoms with Crippen LogP contribution in [0.4, 0.5) is 0 Å². The summed E-state index contributed by atoms with van der Waals surface area (Å²) >= 11 is 0. The van der Waals surface area contributed by atoms with E-state index in [1.807, 2.05) is 26.2 Å². The Morgan fingerprint density at radius 2 is 2.44 bits per heavy atom. The number of aryl methyl sites for hydroxylation is 1. The lowest BCUT2D eigenvalue weighted by atomic mass is 10.0. The van der Waals surface area contributed by atoms with E-state index < -0.39 is 0 Å². The molecule has 18 heavy (non-hydrogen) atoms. The standard InChI is InChI=1S/C12H20N4O2/c1-12(8-13-9-12)18-7-11(17)14-5-3-10-4-6-16(2)15-10/h4,6,13H,3,5,7-9H2,1-2H3,(H,14,17). The summed E-state index contributed by atoms with van der Waals surface area (Å²) in [6, 6.07) is 1.95. The lowest BCUT2D eigenvalue weighted by molar-refractivity contribution is -0.135. The Morgan fingerprint density at radius 3 is 3.00 bits per heavy atom. The minimum Gasteiger partial charge on any atom is -0.363 e. The minimum absolute atomic E-state index is 0.0703. The normalized spacial score (nSPS) is 17.2. The zero-order valence-electron chi connectivity index (χ0n) is 10.9. The molecule has 0 spiro atoms. The number of aromatic nitrogens is 2. The molecule has 6 nitrogen and oxygen atoms in total. The molecular formula is C12H20N4O2. The number of carbonyl (C=O) groups excluding carboxylic acids is 1. The van der Waals surface area contributed by atoms with Gasteiger partial charge in [0, 0.05) is 39.3 Å². The highest BCUT2D eigenvalue weighted by atomic mass is 16.5. The smallest absolute Gasteiger partial charge is 0.246 e. The van der Waals surface area contributed by atoms with Crippen molar-refractivity contribution in [2.45, 2.75) is 18.9 Å². The summed E-state index contributed by atoms with van der Waals surface area (Å²) in [5.41, 5.74) is 0.812. The number of amides is 1. The SMILES string of the molecule is Cn1ccc(CCNC(=O)COC2(C)CNC2)n1. The van der Waals surface area contributed by atoms with Gasteiger partial charge in [-0.3, -0.25) is 9.48 Å². The van der Waals surface area contributed by atoms with Gasteiger partial charge in [-0.1, -0.05) is 0 Å². The highest BCUT2D eigenvalue weighted by Gasteiger charge is 2.32. The van der Waals surface area contributed by atoms with E-state index >= 15 is 0 Å². The molecule has 1 fully saturated rings. The van der Waals surface area contributed by atoms with E-state index in [9.17, 15) is 4.79 Å². The largest absolute Gasteiger partial charge is 0.363 e. The summed E-state index contributed by atoms with van der Waals surface area (Å²) < 4.78 is 7.29. The molecule has 0 bridgehead atoms.